The zero-order valence-electron chi connectivity index (χ0n) is 17.4. The molecule has 0 fully saturated rings. The molecule has 0 aliphatic carbocycles. The third-order valence-electron chi connectivity index (χ3n) is 4.67. The van der Waals surface area contributed by atoms with E-state index in [-0.39, 0.29) is 12.4 Å². The summed E-state index contributed by atoms with van der Waals surface area (Å²) in [6.07, 6.45) is 5.55. The Bertz CT molecular complexity index is 1060. The smallest absolute Gasteiger partial charge is 0.338 e. The molecule has 158 valence electrons. The molecule has 3 aromatic carbocycles. The fourth-order valence-corrected chi connectivity index (χ4v) is 2.99. The lowest BCUT2D eigenvalue weighted by Crippen LogP contribution is -2.05. The fourth-order valence-electron chi connectivity index (χ4n) is 2.99. The first-order chi connectivity index (χ1) is 15.0. The van der Waals surface area contributed by atoms with Gasteiger partial charge in [0.2, 0.25) is 0 Å². The summed E-state index contributed by atoms with van der Waals surface area (Å²) in [7, 11) is 3.20. The maximum atomic E-state index is 12.9. The molecule has 31 heavy (non-hydrogen) atoms. The number of carbonyl (C=O) groups is 1. The van der Waals surface area contributed by atoms with E-state index < -0.39 is 5.97 Å². The molecule has 0 N–H and O–H groups in total. The lowest BCUT2D eigenvalue weighted by Gasteiger charge is -2.11. The van der Waals surface area contributed by atoms with Crippen LogP contribution in [0.15, 0.2) is 67.2 Å². The molecular formula is C26H23FO4. The van der Waals surface area contributed by atoms with Crippen molar-refractivity contribution in [2.45, 2.75) is 6.61 Å². The molecule has 0 bridgehead atoms. The van der Waals surface area contributed by atoms with Gasteiger partial charge in [-0.15, -0.1) is 0 Å². The van der Waals surface area contributed by atoms with Crippen LogP contribution in [0.3, 0.4) is 0 Å². The molecule has 0 atom stereocenters. The predicted molar refractivity (Wildman–Crippen MR) is 121 cm³/mol. The highest BCUT2D eigenvalue weighted by molar-refractivity contribution is 5.89. The van der Waals surface area contributed by atoms with Crippen molar-refractivity contribution in [3.05, 3.63) is 101 Å². The quantitative estimate of drug-likeness (QED) is 0.332. The summed E-state index contributed by atoms with van der Waals surface area (Å²) in [5, 5.41) is 0. The molecular weight excluding hydrogens is 395 g/mol. The second kappa shape index (κ2) is 10.3. The van der Waals surface area contributed by atoms with E-state index in [4.69, 9.17) is 14.2 Å². The average molecular weight is 418 g/mol. The van der Waals surface area contributed by atoms with E-state index in [1.807, 2.05) is 36.4 Å². The average Bonchev–Trinajstić information content (AvgIpc) is 2.81. The summed E-state index contributed by atoms with van der Waals surface area (Å²) >= 11 is 0. The number of esters is 1. The van der Waals surface area contributed by atoms with E-state index in [9.17, 15) is 9.18 Å². The van der Waals surface area contributed by atoms with E-state index in [1.54, 1.807) is 44.6 Å². The predicted octanol–water partition coefficient (Wildman–Crippen LogP) is 6.01. The Morgan fingerprint density at radius 3 is 2.03 bits per heavy atom. The zero-order chi connectivity index (χ0) is 22.2. The Morgan fingerprint density at radius 1 is 0.903 bits per heavy atom. The fraction of sp³-hybridized carbons (Fsp3) is 0.115. The standard InChI is InChI=1S/C26H23FO4/c1-4-23-24(29-2)15-20(16-25(23)30-3)6-5-18-7-11-21(12-8-18)26(28)31-17-19-9-13-22(27)14-10-19/h4-16H,1,17H2,2-3H3/b6-5+. The topological polar surface area (TPSA) is 44.8 Å². The van der Waals surface area contributed by atoms with Crippen LogP contribution in [-0.2, 0) is 11.3 Å². The van der Waals surface area contributed by atoms with Gasteiger partial charge in [0.1, 0.15) is 23.9 Å². The van der Waals surface area contributed by atoms with Crippen LogP contribution in [-0.4, -0.2) is 20.2 Å². The van der Waals surface area contributed by atoms with Crippen LogP contribution >= 0.6 is 0 Å². The summed E-state index contributed by atoms with van der Waals surface area (Å²) in [5.41, 5.74) is 3.79. The minimum atomic E-state index is -0.436. The minimum Gasteiger partial charge on any atom is -0.496 e. The number of halogens is 1. The van der Waals surface area contributed by atoms with Crippen molar-refractivity contribution in [1.82, 2.24) is 0 Å². The van der Waals surface area contributed by atoms with Gasteiger partial charge >= 0.3 is 5.97 Å². The van der Waals surface area contributed by atoms with Crippen molar-refractivity contribution in [2.75, 3.05) is 14.2 Å². The maximum Gasteiger partial charge on any atom is 0.338 e. The van der Waals surface area contributed by atoms with Crippen molar-refractivity contribution in [3.63, 3.8) is 0 Å². The Labute approximate surface area is 181 Å². The Morgan fingerprint density at radius 2 is 1.48 bits per heavy atom. The van der Waals surface area contributed by atoms with Gasteiger partial charge in [-0.1, -0.05) is 49.1 Å². The largest absolute Gasteiger partial charge is 0.496 e. The number of rotatable bonds is 8. The third kappa shape index (κ3) is 5.60. The highest BCUT2D eigenvalue weighted by Gasteiger charge is 2.09. The molecule has 5 heteroatoms. The summed E-state index contributed by atoms with van der Waals surface area (Å²) < 4.78 is 29.1. The highest BCUT2D eigenvalue weighted by Crippen LogP contribution is 2.32. The second-order valence-corrected chi connectivity index (χ2v) is 6.70. The molecule has 4 nitrogen and oxygen atoms in total. The molecule has 0 amide bonds. The number of methoxy groups -OCH3 is 2. The van der Waals surface area contributed by atoms with Crippen LogP contribution in [0.4, 0.5) is 4.39 Å². The summed E-state index contributed by atoms with van der Waals surface area (Å²) in [5.74, 6) is 0.586. The molecule has 3 aromatic rings. The number of hydrogen-bond acceptors (Lipinski definition) is 4. The van der Waals surface area contributed by atoms with Crippen molar-refractivity contribution in [1.29, 1.82) is 0 Å². The lowest BCUT2D eigenvalue weighted by molar-refractivity contribution is 0.0472. The molecule has 0 spiro atoms. The van der Waals surface area contributed by atoms with Gasteiger partial charge in [0.05, 0.1) is 25.3 Å². The first-order valence-corrected chi connectivity index (χ1v) is 9.62. The molecule has 0 aromatic heterocycles. The molecule has 0 aliphatic rings. The van der Waals surface area contributed by atoms with Crippen molar-refractivity contribution >= 4 is 24.2 Å². The van der Waals surface area contributed by atoms with Gasteiger partial charge in [-0.3, -0.25) is 0 Å². The number of hydrogen-bond donors (Lipinski definition) is 0. The highest BCUT2D eigenvalue weighted by atomic mass is 19.1. The Kier molecular flexibility index (Phi) is 7.22. The second-order valence-electron chi connectivity index (χ2n) is 6.70. The van der Waals surface area contributed by atoms with Gasteiger partial charge in [-0.05, 0) is 53.1 Å². The van der Waals surface area contributed by atoms with E-state index >= 15 is 0 Å². The number of ether oxygens (including phenoxy) is 3. The van der Waals surface area contributed by atoms with Gasteiger partial charge in [0, 0.05) is 0 Å². The normalized spacial score (nSPS) is 10.7. The third-order valence-corrected chi connectivity index (χ3v) is 4.67. The maximum absolute atomic E-state index is 12.9. The molecule has 0 saturated carbocycles. The molecule has 0 radical (unpaired) electrons. The summed E-state index contributed by atoms with van der Waals surface area (Å²) in [4.78, 5) is 12.2. The van der Waals surface area contributed by atoms with Gasteiger partial charge in [-0.2, -0.15) is 0 Å². The number of carbonyl (C=O) groups excluding carboxylic acids is 1. The Balaban J connectivity index is 1.67. The Hall–Kier alpha value is -3.86. The molecule has 0 saturated heterocycles. The zero-order valence-corrected chi connectivity index (χ0v) is 17.4. The summed E-state index contributed by atoms with van der Waals surface area (Å²) in [6, 6.07) is 16.7. The van der Waals surface area contributed by atoms with Crippen LogP contribution in [0.25, 0.3) is 18.2 Å². The summed E-state index contributed by atoms with van der Waals surface area (Å²) in [6.45, 7) is 3.89. The van der Waals surface area contributed by atoms with Crippen molar-refractivity contribution in [2.24, 2.45) is 0 Å². The van der Waals surface area contributed by atoms with Crippen LogP contribution in [0.1, 0.15) is 32.6 Å². The van der Waals surface area contributed by atoms with E-state index in [0.717, 1.165) is 22.3 Å². The molecule has 0 heterocycles. The van der Waals surface area contributed by atoms with Gasteiger partial charge in [-0.25, -0.2) is 9.18 Å². The van der Waals surface area contributed by atoms with Gasteiger partial charge in [0.15, 0.2) is 0 Å². The van der Waals surface area contributed by atoms with Gasteiger partial charge in [0.25, 0.3) is 0 Å². The first kappa shape index (κ1) is 21.8. The number of benzene rings is 3. The minimum absolute atomic E-state index is 0.0884. The van der Waals surface area contributed by atoms with E-state index in [0.29, 0.717) is 17.1 Å². The van der Waals surface area contributed by atoms with Crippen molar-refractivity contribution < 1.29 is 23.4 Å². The van der Waals surface area contributed by atoms with Gasteiger partial charge < -0.3 is 14.2 Å². The van der Waals surface area contributed by atoms with Crippen LogP contribution in [0.2, 0.25) is 0 Å². The monoisotopic (exact) mass is 418 g/mol. The SMILES string of the molecule is C=Cc1c(OC)cc(/C=C/c2ccc(C(=O)OCc3ccc(F)cc3)cc2)cc1OC. The van der Waals surface area contributed by atoms with E-state index in [1.165, 1.54) is 12.1 Å². The lowest BCUT2D eigenvalue weighted by atomic mass is 10.1. The van der Waals surface area contributed by atoms with E-state index in [2.05, 4.69) is 6.58 Å². The molecule has 0 unspecified atom stereocenters. The first-order valence-electron chi connectivity index (χ1n) is 9.62. The molecule has 0 aliphatic heterocycles. The molecule has 3 rings (SSSR count). The van der Waals surface area contributed by atoms with Crippen LogP contribution in [0.5, 0.6) is 11.5 Å². The van der Waals surface area contributed by atoms with Crippen LogP contribution in [0, 0.1) is 5.82 Å². The van der Waals surface area contributed by atoms with Crippen LogP contribution < -0.4 is 9.47 Å². The van der Waals surface area contributed by atoms with Crippen molar-refractivity contribution in [3.8, 4) is 11.5 Å².